The van der Waals surface area contributed by atoms with Crippen LogP contribution < -0.4 is 14.2 Å². The third-order valence-electron chi connectivity index (χ3n) is 4.65. The molecule has 3 rings (SSSR count). The number of nitrogens with zero attached hydrogens (tertiary/aromatic N) is 1. The molecule has 0 radical (unpaired) electrons. The van der Waals surface area contributed by atoms with Crippen LogP contribution in [0.2, 0.25) is 0 Å². The number of methoxy groups -OCH3 is 3. The molecular formula is C20H25NO3. The highest BCUT2D eigenvalue weighted by Crippen LogP contribution is 2.38. The lowest BCUT2D eigenvalue weighted by atomic mass is 9.99. The minimum Gasteiger partial charge on any atom is -0.493 e. The van der Waals surface area contributed by atoms with Crippen LogP contribution in [0, 0.1) is 0 Å². The van der Waals surface area contributed by atoms with Crippen molar-refractivity contribution < 1.29 is 14.2 Å². The van der Waals surface area contributed by atoms with E-state index in [2.05, 4.69) is 29.2 Å². The summed E-state index contributed by atoms with van der Waals surface area (Å²) in [5.74, 6) is 2.09. The fourth-order valence-corrected chi connectivity index (χ4v) is 3.31. The first-order chi connectivity index (χ1) is 11.7. The van der Waals surface area contributed by atoms with Crippen molar-refractivity contribution in [2.75, 3.05) is 34.4 Å². The summed E-state index contributed by atoms with van der Waals surface area (Å²) in [6, 6.07) is 12.8. The molecule has 0 spiro atoms. The van der Waals surface area contributed by atoms with Crippen molar-refractivity contribution in [3.05, 3.63) is 53.1 Å². The lowest BCUT2D eigenvalue weighted by Crippen LogP contribution is -2.32. The summed E-state index contributed by atoms with van der Waals surface area (Å²) in [6.45, 7) is 3.16. The molecule has 0 aromatic heterocycles. The van der Waals surface area contributed by atoms with Crippen LogP contribution in [0.3, 0.4) is 0 Å². The van der Waals surface area contributed by atoms with Crippen LogP contribution in [0.25, 0.3) is 0 Å². The van der Waals surface area contributed by atoms with E-state index in [1.807, 2.05) is 12.1 Å². The third-order valence-corrected chi connectivity index (χ3v) is 4.65. The zero-order chi connectivity index (χ0) is 16.9. The number of benzene rings is 2. The Bertz CT molecular complexity index is 674. The molecule has 4 nitrogen and oxygen atoms in total. The fourth-order valence-electron chi connectivity index (χ4n) is 3.31. The molecule has 0 saturated carbocycles. The van der Waals surface area contributed by atoms with Gasteiger partial charge >= 0.3 is 0 Å². The Morgan fingerprint density at radius 1 is 0.917 bits per heavy atom. The highest BCUT2D eigenvalue weighted by Gasteiger charge is 2.17. The molecule has 1 aliphatic heterocycles. The second-order valence-electron chi connectivity index (χ2n) is 6.08. The summed E-state index contributed by atoms with van der Waals surface area (Å²) in [4.78, 5) is 2.51. The predicted molar refractivity (Wildman–Crippen MR) is 95.2 cm³/mol. The van der Waals surface area contributed by atoms with E-state index in [0.29, 0.717) is 5.75 Å². The molecule has 0 N–H and O–H groups in total. The van der Waals surface area contributed by atoms with Gasteiger partial charge in [-0.1, -0.05) is 24.3 Å². The molecule has 24 heavy (non-hydrogen) atoms. The van der Waals surface area contributed by atoms with Crippen LogP contribution in [-0.2, 0) is 19.4 Å². The first-order valence-corrected chi connectivity index (χ1v) is 8.33. The minimum absolute atomic E-state index is 0.649. The van der Waals surface area contributed by atoms with Gasteiger partial charge in [-0.3, -0.25) is 4.90 Å². The van der Waals surface area contributed by atoms with Crippen molar-refractivity contribution in [1.29, 1.82) is 0 Å². The van der Waals surface area contributed by atoms with Crippen molar-refractivity contribution in [1.82, 2.24) is 4.90 Å². The molecular weight excluding hydrogens is 302 g/mol. The average Bonchev–Trinajstić information content (AvgIpc) is 2.65. The monoisotopic (exact) mass is 327 g/mol. The maximum absolute atomic E-state index is 5.44. The van der Waals surface area contributed by atoms with Gasteiger partial charge < -0.3 is 14.2 Å². The van der Waals surface area contributed by atoms with E-state index in [-0.39, 0.29) is 0 Å². The van der Waals surface area contributed by atoms with Crippen LogP contribution >= 0.6 is 0 Å². The first kappa shape index (κ1) is 16.7. The van der Waals surface area contributed by atoms with Gasteiger partial charge in [0.15, 0.2) is 11.5 Å². The highest BCUT2D eigenvalue weighted by molar-refractivity contribution is 5.53. The van der Waals surface area contributed by atoms with Gasteiger partial charge in [0.2, 0.25) is 5.75 Å². The summed E-state index contributed by atoms with van der Waals surface area (Å²) in [6.07, 6.45) is 2.09. The molecule has 1 aliphatic rings. The molecule has 4 heteroatoms. The quantitative estimate of drug-likeness (QED) is 0.814. The van der Waals surface area contributed by atoms with Gasteiger partial charge in [-0.15, -0.1) is 0 Å². The van der Waals surface area contributed by atoms with Gasteiger partial charge in [0.1, 0.15) is 0 Å². The molecule has 0 atom stereocenters. The average molecular weight is 327 g/mol. The molecule has 0 saturated heterocycles. The van der Waals surface area contributed by atoms with Crippen molar-refractivity contribution in [2.45, 2.75) is 19.4 Å². The highest BCUT2D eigenvalue weighted by atomic mass is 16.5. The Morgan fingerprint density at radius 3 is 2.21 bits per heavy atom. The zero-order valence-electron chi connectivity index (χ0n) is 14.7. The van der Waals surface area contributed by atoms with Gasteiger partial charge in [-0.25, -0.2) is 0 Å². The Hall–Kier alpha value is -2.20. The van der Waals surface area contributed by atoms with Crippen LogP contribution in [0.4, 0.5) is 0 Å². The molecule has 0 amide bonds. The van der Waals surface area contributed by atoms with Gasteiger partial charge in [0.05, 0.1) is 21.3 Å². The molecule has 128 valence electrons. The first-order valence-electron chi connectivity index (χ1n) is 8.33. The largest absolute Gasteiger partial charge is 0.493 e. The van der Waals surface area contributed by atoms with E-state index in [9.17, 15) is 0 Å². The maximum atomic E-state index is 5.44. The van der Waals surface area contributed by atoms with E-state index in [1.54, 1.807) is 21.3 Å². The molecule has 0 fully saturated rings. The lowest BCUT2D eigenvalue weighted by molar-refractivity contribution is 0.257. The minimum atomic E-state index is 0.649. The Labute approximate surface area is 144 Å². The SMILES string of the molecule is COc1cc(CCN2CCc3ccccc3C2)cc(OC)c1OC. The van der Waals surface area contributed by atoms with Crippen LogP contribution in [0.1, 0.15) is 16.7 Å². The summed E-state index contributed by atoms with van der Waals surface area (Å²) in [5, 5.41) is 0. The summed E-state index contributed by atoms with van der Waals surface area (Å²) in [5.41, 5.74) is 4.14. The van der Waals surface area contributed by atoms with E-state index in [0.717, 1.165) is 44.0 Å². The zero-order valence-corrected chi connectivity index (χ0v) is 14.7. The molecule has 2 aromatic rings. The molecule has 0 bridgehead atoms. The number of hydrogen-bond donors (Lipinski definition) is 0. The van der Waals surface area contributed by atoms with E-state index in [4.69, 9.17) is 14.2 Å². The molecule has 1 heterocycles. The van der Waals surface area contributed by atoms with Crippen LogP contribution in [0.5, 0.6) is 17.2 Å². The normalized spacial score (nSPS) is 14.1. The molecule has 0 unspecified atom stereocenters. The summed E-state index contributed by atoms with van der Waals surface area (Å²) < 4.78 is 16.3. The van der Waals surface area contributed by atoms with E-state index < -0.39 is 0 Å². The Morgan fingerprint density at radius 2 is 1.58 bits per heavy atom. The van der Waals surface area contributed by atoms with Gasteiger partial charge in [0, 0.05) is 19.6 Å². The van der Waals surface area contributed by atoms with Crippen LogP contribution in [0.15, 0.2) is 36.4 Å². The number of hydrogen-bond acceptors (Lipinski definition) is 4. The number of fused-ring (bicyclic) bond motifs is 1. The Kier molecular flexibility index (Phi) is 5.26. The topological polar surface area (TPSA) is 30.9 Å². The van der Waals surface area contributed by atoms with Gasteiger partial charge in [-0.05, 0) is 41.7 Å². The number of rotatable bonds is 6. The number of ether oxygens (including phenoxy) is 3. The van der Waals surface area contributed by atoms with Gasteiger partial charge in [0.25, 0.3) is 0 Å². The lowest BCUT2D eigenvalue weighted by Gasteiger charge is -2.28. The smallest absolute Gasteiger partial charge is 0.203 e. The maximum Gasteiger partial charge on any atom is 0.203 e. The fraction of sp³-hybridized carbons (Fsp3) is 0.400. The van der Waals surface area contributed by atoms with Gasteiger partial charge in [-0.2, -0.15) is 0 Å². The van der Waals surface area contributed by atoms with Crippen molar-refractivity contribution in [2.24, 2.45) is 0 Å². The second kappa shape index (κ2) is 7.58. The Balaban J connectivity index is 1.69. The van der Waals surface area contributed by atoms with Crippen LogP contribution in [-0.4, -0.2) is 39.3 Å². The third kappa shape index (κ3) is 3.49. The van der Waals surface area contributed by atoms with Crippen molar-refractivity contribution in [3.63, 3.8) is 0 Å². The summed E-state index contributed by atoms with van der Waals surface area (Å²) in [7, 11) is 4.94. The predicted octanol–water partition coefficient (Wildman–Crippen LogP) is 3.31. The van der Waals surface area contributed by atoms with E-state index >= 15 is 0 Å². The summed E-state index contributed by atoms with van der Waals surface area (Å²) >= 11 is 0. The van der Waals surface area contributed by atoms with Crippen molar-refractivity contribution in [3.8, 4) is 17.2 Å². The second-order valence-corrected chi connectivity index (χ2v) is 6.08. The molecule has 0 aliphatic carbocycles. The van der Waals surface area contributed by atoms with E-state index in [1.165, 1.54) is 16.7 Å². The standard InChI is InChI=1S/C20H25NO3/c1-22-18-12-15(13-19(23-2)20(18)24-3)8-10-21-11-9-16-6-4-5-7-17(16)14-21/h4-7,12-13H,8-11,14H2,1-3H3. The van der Waals surface area contributed by atoms with Crippen molar-refractivity contribution >= 4 is 0 Å². The molecule has 2 aromatic carbocycles.